The van der Waals surface area contributed by atoms with Crippen LogP contribution >= 0.6 is 0 Å². The molecule has 72 valence electrons. The molecule has 0 radical (unpaired) electrons. The van der Waals surface area contributed by atoms with Crippen LogP contribution in [0.2, 0.25) is 0 Å². The predicted octanol–water partition coefficient (Wildman–Crippen LogP) is 2.94. The molecular formula is C11H23N. The third kappa shape index (κ3) is 3.57. The predicted molar refractivity (Wildman–Crippen MR) is 54.0 cm³/mol. The third-order valence-electron chi connectivity index (χ3n) is 2.88. The third-order valence-corrected chi connectivity index (χ3v) is 2.88. The van der Waals surface area contributed by atoms with Crippen LogP contribution in [-0.2, 0) is 0 Å². The van der Waals surface area contributed by atoms with Crippen molar-refractivity contribution in [2.24, 2.45) is 17.6 Å². The van der Waals surface area contributed by atoms with Gasteiger partial charge in [-0.15, -0.1) is 0 Å². The van der Waals surface area contributed by atoms with Gasteiger partial charge in [0.1, 0.15) is 0 Å². The van der Waals surface area contributed by atoms with Gasteiger partial charge in [-0.05, 0) is 31.1 Å². The summed E-state index contributed by atoms with van der Waals surface area (Å²) in [6, 6.07) is 0.497. The van der Waals surface area contributed by atoms with Gasteiger partial charge in [0.05, 0.1) is 0 Å². The topological polar surface area (TPSA) is 26.0 Å². The van der Waals surface area contributed by atoms with Crippen molar-refractivity contribution in [3.8, 4) is 0 Å². The van der Waals surface area contributed by atoms with Crippen molar-refractivity contribution in [1.29, 1.82) is 0 Å². The SMILES string of the molecule is CC(C)CC1CCCCC(N)C1. The number of hydrogen-bond acceptors (Lipinski definition) is 1. The fourth-order valence-electron chi connectivity index (χ4n) is 2.38. The minimum atomic E-state index is 0.497. The monoisotopic (exact) mass is 169 g/mol. The molecule has 1 aliphatic rings. The Morgan fingerprint density at radius 1 is 1.25 bits per heavy atom. The first-order valence-electron chi connectivity index (χ1n) is 5.44. The first kappa shape index (κ1) is 10.0. The summed E-state index contributed by atoms with van der Waals surface area (Å²) >= 11 is 0. The van der Waals surface area contributed by atoms with Crippen LogP contribution in [0.3, 0.4) is 0 Å². The van der Waals surface area contributed by atoms with E-state index in [0.29, 0.717) is 6.04 Å². The Hall–Kier alpha value is -0.0400. The first-order chi connectivity index (χ1) is 5.68. The maximum atomic E-state index is 6.00. The minimum absolute atomic E-state index is 0.497. The van der Waals surface area contributed by atoms with Crippen molar-refractivity contribution >= 4 is 0 Å². The van der Waals surface area contributed by atoms with Crippen LogP contribution in [-0.4, -0.2) is 6.04 Å². The van der Waals surface area contributed by atoms with Crippen molar-refractivity contribution in [2.45, 2.75) is 58.4 Å². The van der Waals surface area contributed by atoms with Gasteiger partial charge in [0.25, 0.3) is 0 Å². The zero-order valence-electron chi connectivity index (χ0n) is 8.55. The molecule has 1 aliphatic carbocycles. The van der Waals surface area contributed by atoms with Crippen LogP contribution in [0.4, 0.5) is 0 Å². The van der Waals surface area contributed by atoms with Gasteiger partial charge in [-0.25, -0.2) is 0 Å². The molecule has 0 saturated heterocycles. The average molecular weight is 169 g/mol. The van der Waals surface area contributed by atoms with E-state index in [-0.39, 0.29) is 0 Å². The first-order valence-corrected chi connectivity index (χ1v) is 5.44. The van der Waals surface area contributed by atoms with Gasteiger partial charge in [0, 0.05) is 6.04 Å². The van der Waals surface area contributed by atoms with E-state index in [1.54, 1.807) is 0 Å². The quantitative estimate of drug-likeness (QED) is 0.632. The van der Waals surface area contributed by atoms with Gasteiger partial charge in [0.2, 0.25) is 0 Å². The van der Waals surface area contributed by atoms with E-state index in [9.17, 15) is 0 Å². The van der Waals surface area contributed by atoms with Crippen molar-refractivity contribution in [2.75, 3.05) is 0 Å². The maximum absolute atomic E-state index is 6.00. The van der Waals surface area contributed by atoms with Crippen molar-refractivity contribution in [3.05, 3.63) is 0 Å². The highest BCUT2D eigenvalue weighted by atomic mass is 14.6. The van der Waals surface area contributed by atoms with Crippen molar-refractivity contribution < 1.29 is 0 Å². The molecular weight excluding hydrogens is 146 g/mol. The molecule has 2 N–H and O–H groups in total. The molecule has 0 spiro atoms. The Kier molecular flexibility index (Phi) is 4.07. The summed E-state index contributed by atoms with van der Waals surface area (Å²) in [4.78, 5) is 0. The molecule has 0 aromatic carbocycles. The molecule has 0 aliphatic heterocycles. The molecule has 1 saturated carbocycles. The Morgan fingerprint density at radius 2 is 1.92 bits per heavy atom. The lowest BCUT2D eigenvalue weighted by atomic mass is 9.90. The maximum Gasteiger partial charge on any atom is 0.00414 e. The molecule has 0 amide bonds. The van der Waals surface area contributed by atoms with Crippen LogP contribution in [0.25, 0.3) is 0 Å². The van der Waals surface area contributed by atoms with Crippen LogP contribution in [0.15, 0.2) is 0 Å². The zero-order valence-corrected chi connectivity index (χ0v) is 8.55. The van der Waals surface area contributed by atoms with Crippen LogP contribution in [0.5, 0.6) is 0 Å². The zero-order chi connectivity index (χ0) is 8.97. The van der Waals surface area contributed by atoms with Crippen molar-refractivity contribution in [3.63, 3.8) is 0 Å². The van der Waals surface area contributed by atoms with E-state index < -0.39 is 0 Å². The van der Waals surface area contributed by atoms with Gasteiger partial charge in [-0.3, -0.25) is 0 Å². The lowest BCUT2D eigenvalue weighted by Crippen LogP contribution is -2.22. The van der Waals surface area contributed by atoms with Gasteiger partial charge in [0.15, 0.2) is 0 Å². The van der Waals surface area contributed by atoms with Crippen LogP contribution < -0.4 is 5.73 Å². The number of rotatable bonds is 2. The summed E-state index contributed by atoms with van der Waals surface area (Å²) in [5.41, 5.74) is 6.00. The highest BCUT2D eigenvalue weighted by Crippen LogP contribution is 2.27. The second kappa shape index (κ2) is 4.86. The van der Waals surface area contributed by atoms with Crippen molar-refractivity contribution in [1.82, 2.24) is 0 Å². The fourth-order valence-corrected chi connectivity index (χ4v) is 2.38. The summed E-state index contributed by atoms with van der Waals surface area (Å²) in [7, 11) is 0. The summed E-state index contributed by atoms with van der Waals surface area (Å²) in [5, 5.41) is 0. The molecule has 0 bridgehead atoms. The lowest BCUT2D eigenvalue weighted by molar-refractivity contribution is 0.355. The largest absolute Gasteiger partial charge is 0.328 e. The van der Waals surface area contributed by atoms with Gasteiger partial charge >= 0.3 is 0 Å². The van der Waals surface area contributed by atoms with Gasteiger partial charge < -0.3 is 5.73 Å². The molecule has 2 unspecified atom stereocenters. The highest BCUT2D eigenvalue weighted by molar-refractivity contribution is 4.73. The lowest BCUT2D eigenvalue weighted by Gasteiger charge is -2.18. The number of hydrogen-bond donors (Lipinski definition) is 1. The van der Waals surface area contributed by atoms with Gasteiger partial charge in [-0.2, -0.15) is 0 Å². The molecule has 2 atom stereocenters. The molecule has 0 aromatic rings. The molecule has 12 heavy (non-hydrogen) atoms. The Labute approximate surface area is 76.7 Å². The van der Waals surface area contributed by atoms with E-state index in [2.05, 4.69) is 13.8 Å². The second-order valence-corrected chi connectivity index (χ2v) is 4.78. The molecule has 1 rings (SSSR count). The van der Waals surface area contributed by atoms with Crippen LogP contribution in [0, 0.1) is 11.8 Å². The average Bonchev–Trinajstić information content (AvgIpc) is 2.12. The van der Waals surface area contributed by atoms with Gasteiger partial charge in [-0.1, -0.05) is 33.1 Å². The Morgan fingerprint density at radius 3 is 2.58 bits per heavy atom. The fraction of sp³-hybridized carbons (Fsp3) is 1.00. The standard InChI is InChI=1S/C11H23N/c1-9(2)7-10-5-3-4-6-11(12)8-10/h9-11H,3-8,12H2,1-2H3. The molecule has 1 heteroatoms. The minimum Gasteiger partial charge on any atom is -0.328 e. The summed E-state index contributed by atoms with van der Waals surface area (Å²) < 4.78 is 0. The summed E-state index contributed by atoms with van der Waals surface area (Å²) in [5.74, 6) is 1.77. The van der Waals surface area contributed by atoms with E-state index in [0.717, 1.165) is 11.8 Å². The smallest absolute Gasteiger partial charge is 0.00414 e. The van der Waals surface area contributed by atoms with Crippen LogP contribution in [0.1, 0.15) is 52.4 Å². The molecule has 0 aromatic heterocycles. The molecule has 1 nitrogen and oxygen atoms in total. The normalized spacial score (nSPS) is 32.0. The Bertz CT molecular complexity index is 120. The summed E-state index contributed by atoms with van der Waals surface area (Å²) in [6.07, 6.45) is 8.10. The molecule has 1 fully saturated rings. The highest BCUT2D eigenvalue weighted by Gasteiger charge is 2.17. The van der Waals surface area contributed by atoms with E-state index in [4.69, 9.17) is 5.73 Å². The second-order valence-electron chi connectivity index (χ2n) is 4.78. The summed E-state index contributed by atoms with van der Waals surface area (Å²) in [6.45, 7) is 4.63. The molecule has 0 heterocycles. The van der Waals surface area contributed by atoms with E-state index in [1.165, 1.54) is 38.5 Å². The van der Waals surface area contributed by atoms with E-state index in [1.807, 2.05) is 0 Å². The Balaban J connectivity index is 2.31. The van der Waals surface area contributed by atoms with E-state index >= 15 is 0 Å². The number of nitrogens with two attached hydrogens (primary N) is 1.